The molecule has 0 spiro atoms. The first-order valence-electron chi connectivity index (χ1n) is 7.73. The van der Waals surface area contributed by atoms with Crippen LogP contribution in [0.25, 0.3) is 10.2 Å². The maximum Gasteiger partial charge on any atom is 0.328 e. The molecule has 0 radical (unpaired) electrons. The summed E-state index contributed by atoms with van der Waals surface area (Å²) in [5.74, 6) is -0.638. The lowest BCUT2D eigenvalue weighted by atomic mass is 10.3. The highest BCUT2D eigenvalue weighted by Gasteiger charge is 2.17. The number of H-pyrrole nitrogens is 1. The number of anilines is 1. The number of halogens is 1. The Bertz CT molecular complexity index is 1260. The number of rotatable bonds is 4. The lowest BCUT2D eigenvalue weighted by Gasteiger charge is -2.05. The molecule has 0 atom stereocenters. The van der Waals surface area contributed by atoms with Gasteiger partial charge < -0.3 is 4.98 Å². The van der Waals surface area contributed by atoms with Crippen LogP contribution in [0.5, 0.6) is 0 Å². The van der Waals surface area contributed by atoms with Crippen LogP contribution in [0.4, 0.5) is 5.13 Å². The predicted octanol–water partition coefficient (Wildman–Crippen LogP) is 3.16. The van der Waals surface area contributed by atoms with Crippen molar-refractivity contribution in [2.45, 2.75) is 6.54 Å². The summed E-state index contributed by atoms with van der Waals surface area (Å²) < 4.78 is 1.81. The maximum absolute atomic E-state index is 12.6. The molecule has 1 aromatic carbocycles. The highest BCUT2D eigenvalue weighted by Crippen LogP contribution is 2.28. The minimum Gasteiger partial charge on any atom is -0.313 e. The van der Waals surface area contributed by atoms with Crippen molar-refractivity contribution in [3.63, 3.8) is 0 Å². The van der Waals surface area contributed by atoms with E-state index in [0.717, 1.165) is 20.3 Å². The molecule has 7 nitrogen and oxygen atoms in total. The first kappa shape index (κ1) is 17.7. The molecule has 0 saturated carbocycles. The zero-order chi connectivity index (χ0) is 19.0. The van der Waals surface area contributed by atoms with Gasteiger partial charge in [-0.05, 0) is 29.6 Å². The molecule has 4 rings (SSSR count). The van der Waals surface area contributed by atoms with Crippen molar-refractivity contribution in [3.8, 4) is 0 Å². The molecule has 0 unspecified atom stereocenters. The number of thiophene rings is 1. The number of amides is 1. The van der Waals surface area contributed by atoms with E-state index in [1.54, 1.807) is 18.2 Å². The van der Waals surface area contributed by atoms with E-state index in [1.165, 1.54) is 22.7 Å². The van der Waals surface area contributed by atoms with Crippen molar-refractivity contribution in [1.29, 1.82) is 0 Å². The molecule has 0 fully saturated rings. The minimum absolute atomic E-state index is 0.104. The van der Waals surface area contributed by atoms with Crippen LogP contribution in [0.3, 0.4) is 0 Å². The second-order valence-corrected chi connectivity index (χ2v) is 8.06. The lowest BCUT2D eigenvalue weighted by Crippen LogP contribution is -2.39. The van der Waals surface area contributed by atoms with Gasteiger partial charge >= 0.3 is 5.69 Å². The van der Waals surface area contributed by atoms with Crippen molar-refractivity contribution in [3.05, 3.63) is 78.2 Å². The number of hydrogen-bond donors (Lipinski definition) is 2. The molecular formula is C17H11ClN4O3S2. The van der Waals surface area contributed by atoms with E-state index in [1.807, 2.05) is 17.5 Å². The smallest absolute Gasteiger partial charge is 0.313 e. The Morgan fingerprint density at radius 1 is 1.30 bits per heavy atom. The fourth-order valence-electron chi connectivity index (χ4n) is 2.49. The van der Waals surface area contributed by atoms with Gasteiger partial charge in [0.1, 0.15) is 5.56 Å². The summed E-state index contributed by atoms with van der Waals surface area (Å²) in [6.45, 7) is 0.104. The zero-order valence-electron chi connectivity index (χ0n) is 13.6. The second kappa shape index (κ2) is 7.10. The largest absolute Gasteiger partial charge is 0.328 e. The van der Waals surface area contributed by atoms with Gasteiger partial charge in [0.25, 0.3) is 11.5 Å². The first-order valence-corrected chi connectivity index (χ1v) is 9.81. The maximum atomic E-state index is 12.6. The average Bonchev–Trinajstić information content (AvgIpc) is 3.27. The molecular weight excluding hydrogens is 408 g/mol. The summed E-state index contributed by atoms with van der Waals surface area (Å²) in [7, 11) is 0. The summed E-state index contributed by atoms with van der Waals surface area (Å²) in [6.07, 6.45) is 1.12. The Morgan fingerprint density at radius 2 is 2.15 bits per heavy atom. The van der Waals surface area contributed by atoms with Gasteiger partial charge in [0.15, 0.2) is 5.13 Å². The van der Waals surface area contributed by atoms with E-state index >= 15 is 0 Å². The van der Waals surface area contributed by atoms with Crippen molar-refractivity contribution >= 4 is 55.5 Å². The van der Waals surface area contributed by atoms with E-state index < -0.39 is 17.2 Å². The summed E-state index contributed by atoms with van der Waals surface area (Å²) in [5.41, 5.74) is -0.701. The number of fused-ring (bicyclic) bond motifs is 1. The van der Waals surface area contributed by atoms with Crippen molar-refractivity contribution < 1.29 is 4.79 Å². The number of nitrogens with one attached hydrogen (secondary N) is 2. The van der Waals surface area contributed by atoms with E-state index in [0.29, 0.717) is 15.7 Å². The average molecular weight is 419 g/mol. The molecule has 0 bridgehead atoms. The molecule has 3 aromatic heterocycles. The van der Waals surface area contributed by atoms with Crippen LogP contribution >= 0.6 is 34.3 Å². The SMILES string of the molecule is O=C(Nc1nc2ccc(Cl)cc2s1)c1c[nH]c(=O)n(Cc2cccs2)c1=O. The van der Waals surface area contributed by atoms with Gasteiger partial charge in [-0.25, -0.2) is 9.78 Å². The van der Waals surface area contributed by atoms with Crippen LogP contribution < -0.4 is 16.6 Å². The summed E-state index contributed by atoms with van der Waals surface area (Å²) in [5, 5.41) is 5.37. The molecule has 0 aliphatic carbocycles. The molecule has 3 heterocycles. The van der Waals surface area contributed by atoms with Crippen LogP contribution in [-0.4, -0.2) is 20.4 Å². The summed E-state index contributed by atoms with van der Waals surface area (Å²) in [4.78, 5) is 44.7. The number of aromatic amines is 1. The van der Waals surface area contributed by atoms with Crippen LogP contribution in [-0.2, 0) is 6.54 Å². The molecule has 136 valence electrons. The van der Waals surface area contributed by atoms with Gasteiger partial charge in [0, 0.05) is 16.1 Å². The summed E-state index contributed by atoms with van der Waals surface area (Å²) >= 11 is 8.62. The fourth-order valence-corrected chi connectivity index (χ4v) is 4.32. The van der Waals surface area contributed by atoms with Crippen LogP contribution in [0.2, 0.25) is 5.02 Å². The normalized spacial score (nSPS) is 11.0. The van der Waals surface area contributed by atoms with Gasteiger partial charge in [-0.1, -0.05) is 29.0 Å². The van der Waals surface area contributed by atoms with Gasteiger partial charge in [-0.15, -0.1) is 11.3 Å². The quantitative estimate of drug-likeness (QED) is 0.532. The first-order chi connectivity index (χ1) is 13.0. The Balaban J connectivity index is 1.65. The number of carbonyl (C=O) groups is 1. The standard InChI is InChI=1S/C17H11ClN4O3S2/c18-9-3-4-12-13(6-9)27-16(20-12)21-14(23)11-7-19-17(25)22(15(11)24)8-10-2-1-5-26-10/h1-7H,8H2,(H,19,25)(H,20,21,23). The molecule has 0 saturated heterocycles. The third kappa shape index (κ3) is 3.57. The molecule has 0 aliphatic rings. The number of aromatic nitrogens is 3. The summed E-state index contributed by atoms with van der Waals surface area (Å²) in [6, 6.07) is 8.85. The van der Waals surface area contributed by atoms with Crippen molar-refractivity contribution in [2.75, 3.05) is 5.32 Å². The van der Waals surface area contributed by atoms with Crippen LogP contribution in [0.15, 0.2) is 51.5 Å². The molecule has 2 N–H and O–H groups in total. The van der Waals surface area contributed by atoms with E-state index in [4.69, 9.17) is 11.6 Å². The zero-order valence-corrected chi connectivity index (χ0v) is 16.0. The lowest BCUT2D eigenvalue weighted by molar-refractivity contribution is 0.102. The second-order valence-electron chi connectivity index (χ2n) is 5.56. The molecule has 4 aromatic rings. The fraction of sp³-hybridized carbons (Fsp3) is 0.0588. The van der Waals surface area contributed by atoms with Crippen LogP contribution in [0.1, 0.15) is 15.2 Å². The number of hydrogen-bond acceptors (Lipinski definition) is 6. The minimum atomic E-state index is -0.659. The molecule has 0 aliphatic heterocycles. The van der Waals surface area contributed by atoms with Gasteiger partial charge in [0.2, 0.25) is 0 Å². The van der Waals surface area contributed by atoms with Gasteiger partial charge in [-0.2, -0.15) is 0 Å². The number of thiazole rings is 1. The van der Waals surface area contributed by atoms with Crippen LogP contribution in [0, 0.1) is 0 Å². The Hall–Kier alpha value is -2.75. The predicted molar refractivity (Wildman–Crippen MR) is 107 cm³/mol. The third-order valence-corrected chi connectivity index (χ3v) is 5.80. The third-order valence-electron chi connectivity index (χ3n) is 3.77. The molecule has 27 heavy (non-hydrogen) atoms. The Morgan fingerprint density at radius 3 is 2.93 bits per heavy atom. The van der Waals surface area contributed by atoms with Crippen molar-refractivity contribution in [1.82, 2.24) is 14.5 Å². The number of carbonyl (C=O) groups excluding carboxylic acids is 1. The molecule has 1 amide bonds. The number of nitrogens with zero attached hydrogens (tertiary/aromatic N) is 2. The van der Waals surface area contributed by atoms with E-state index in [9.17, 15) is 14.4 Å². The highest BCUT2D eigenvalue weighted by atomic mass is 35.5. The number of benzene rings is 1. The van der Waals surface area contributed by atoms with Gasteiger partial charge in [-0.3, -0.25) is 19.5 Å². The topological polar surface area (TPSA) is 96.8 Å². The van der Waals surface area contributed by atoms with Crippen molar-refractivity contribution in [2.24, 2.45) is 0 Å². The Kier molecular flexibility index (Phi) is 4.65. The van der Waals surface area contributed by atoms with E-state index in [2.05, 4.69) is 15.3 Å². The monoisotopic (exact) mass is 418 g/mol. The Labute approximate surface area is 164 Å². The highest BCUT2D eigenvalue weighted by molar-refractivity contribution is 7.22. The van der Waals surface area contributed by atoms with E-state index in [-0.39, 0.29) is 12.1 Å². The molecule has 10 heteroatoms. The van der Waals surface area contributed by atoms with Gasteiger partial charge in [0.05, 0.1) is 16.8 Å².